The van der Waals surface area contributed by atoms with Crippen molar-refractivity contribution < 1.29 is 0 Å². The molecule has 0 saturated heterocycles. The molecule has 23 heavy (non-hydrogen) atoms. The van der Waals surface area contributed by atoms with Gasteiger partial charge in [0.1, 0.15) is 5.82 Å². The van der Waals surface area contributed by atoms with E-state index in [4.69, 9.17) is 0 Å². The Balaban J connectivity index is 1.98. The number of anilines is 1. The van der Waals surface area contributed by atoms with Crippen LogP contribution in [0.1, 0.15) is 46.0 Å². The lowest BCUT2D eigenvalue weighted by Crippen LogP contribution is -2.38. The van der Waals surface area contributed by atoms with Gasteiger partial charge in [0.15, 0.2) is 5.96 Å². The van der Waals surface area contributed by atoms with Crippen molar-refractivity contribution >= 4 is 11.8 Å². The van der Waals surface area contributed by atoms with E-state index in [1.54, 1.807) is 6.20 Å². The van der Waals surface area contributed by atoms with Gasteiger partial charge in [0.2, 0.25) is 0 Å². The first-order chi connectivity index (χ1) is 11.2. The Morgan fingerprint density at radius 3 is 2.35 bits per heavy atom. The summed E-state index contributed by atoms with van der Waals surface area (Å²) in [5.74, 6) is 2.65. The summed E-state index contributed by atoms with van der Waals surface area (Å²) in [5.41, 5.74) is 0. The van der Waals surface area contributed by atoms with Gasteiger partial charge in [-0.3, -0.25) is 4.99 Å². The highest BCUT2D eigenvalue weighted by molar-refractivity contribution is 5.79. The molecule has 1 heterocycles. The fourth-order valence-corrected chi connectivity index (χ4v) is 2.25. The van der Waals surface area contributed by atoms with E-state index in [2.05, 4.69) is 39.8 Å². The molecule has 0 bridgehead atoms. The normalized spacial score (nSPS) is 11.6. The van der Waals surface area contributed by atoms with Gasteiger partial charge in [-0.2, -0.15) is 0 Å². The maximum absolute atomic E-state index is 4.25. The predicted octanol–water partition coefficient (Wildman–Crippen LogP) is 3.27. The topological polar surface area (TPSA) is 61.3 Å². The Hall–Kier alpha value is -1.78. The van der Waals surface area contributed by atoms with Crippen LogP contribution in [0.4, 0.5) is 5.82 Å². The molecule has 0 aliphatic rings. The Morgan fingerprint density at radius 2 is 1.74 bits per heavy atom. The van der Waals surface area contributed by atoms with Gasteiger partial charge in [-0.15, -0.1) is 0 Å². The van der Waals surface area contributed by atoms with Crippen LogP contribution in [0, 0.1) is 5.92 Å². The van der Waals surface area contributed by atoms with Gasteiger partial charge in [-0.1, -0.05) is 32.8 Å². The second-order valence-electron chi connectivity index (χ2n) is 6.16. The molecule has 0 saturated carbocycles. The molecule has 5 heteroatoms. The molecule has 0 radical (unpaired) electrons. The first kappa shape index (κ1) is 19.3. The minimum absolute atomic E-state index is 0.798. The van der Waals surface area contributed by atoms with Crippen LogP contribution >= 0.6 is 0 Å². The number of unbranched alkanes of at least 4 members (excludes halogenated alkanes) is 2. The van der Waals surface area contributed by atoms with E-state index in [1.165, 1.54) is 19.3 Å². The quantitative estimate of drug-likeness (QED) is 0.333. The third-order valence-electron chi connectivity index (χ3n) is 3.59. The lowest BCUT2D eigenvalue weighted by Gasteiger charge is -2.12. The van der Waals surface area contributed by atoms with E-state index in [0.29, 0.717) is 0 Å². The SMILES string of the molecule is CN=C(NCCCCNc1ccccn1)NCCCCC(C)C. The second kappa shape index (κ2) is 12.7. The molecule has 0 aromatic carbocycles. The monoisotopic (exact) mass is 319 g/mol. The van der Waals surface area contributed by atoms with E-state index in [-0.39, 0.29) is 0 Å². The van der Waals surface area contributed by atoms with E-state index < -0.39 is 0 Å². The fourth-order valence-electron chi connectivity index (χ4n) is 2.25. The van der Waals surface area contributed by atoms with Crippen molar-refractivity contribution in [3.05, 3.63) is 24.4 Å². The third-order valence-corrected chi connectivity index (χ3v) is 3.59. The van der Waals surface area contributed by atoms with Crippen LogP contribution in [-0.2, 0) is 0 Å². The zero-order valence-corrected chi connectivity index (χ0v) is 14.9. The summed E-state index contributed by atoms with van der Waals surface area (Å²) in [6.07, 6.45) is 7.80. The summed E-state index contributed by atoms with van der Waals surface area (Å²) in [4.78, 5) is 8.50. The number of rotatable bonds is 11. The van der Waals surface area contributed by atoms with Gasteiger partial charge in [-0.05, 0) is 37.3 Å². The molecule has 3 N–H and O–H groups in total. The molecule has 0 aliphatic carbocycles. The molecule has 0 spiro atoms. The van der Waals surface area contributed by atoms with Crippen molar-refractivity contribution in [2.75, 3.05) is 32.0 Å². The van der Waals surface area contributed by atoms with Crippen LogP contribution in [-0.4, -0.2) is 37.6 Å². The van der Waals surface area contributed by atoms with Crippen LogP contribution in [0.15, 0.2) is 29.4 Å². The number of nitrogens with zero attached hydrogens (tertiary/aromatic N) is 2. The number of hydrogen-bond donors (Lipinski definition) is 3. The molecule has 0 amide bonds. The Morgan fingerprint density at radius 1 is 1.04 bits per heavy atom. The molecule has 5 nitrogen and oxygen atoms in total. The zero-order chi connectivity index (χ0) is 16.8. The van der Waals surface area contributed by atoms with Gasteiger partial charge in [0.05, 0.1) is 0 Å². The maximum atomic E-state index is 4.25. The average molecular weight is 319 g/mol. The fraction of sp³-hybridized carbons (Fsp3) is 0.667. The molecule has 1 aromatic heterocycles. The lowest BCUT2D eigenvalue weighted by molar-refractivity contribution is 0.534. The zero-order valence-electron chi connectivity index (χ0n) is 14.9. The molecule has 0 aliphatic heterocycles. The Labute approximate surface area is 141 Å². The van der Waals surface area contributed by atoms with Gasteiger partial charge in [-0.25, -0.2) is 4.98 Å². The number of pyridine rings is 1. The van der Waals surface area contributed by atoms with E-state index >= 15 is 0 Å². The number of nitrogens with one attached hydrogen (secondary N) is 3. The summed E-state index contributed by atoms with van der Waals surface area (Å²) < 4.78 is 0. The van der Waals surface area contributed by atoms with Crippen LogP contribution in [0.5, 0.6) is 0 Å². The van der Waals surface area contributed by atoms with Crippen molar-refractivity contribution in [2.24, 2.45) is 10.9 Å². The molecule has 1 rings (SSSR count). The van der Waals surface area contributed by atoms with Crippen LogP contribution in [0.3, 0.4) is 0 Å². The van der Waals surface area contributed by atoms with E-state index in [0.717, 1.165) is 50.2 Å². The van der Waals surface area contributed by atoms with Crippen molar-refractivity contribution in [2.45, 2.75) is 46.0 Å². The van der Waals surface area contributed by atoms with Crippen LogP contribution in [0.25, 0.3) is 0 Å². The van der Waals surface area contributed by atoms with Crippen molar-refractivity contribution in [3.63, 3.8) is 0 Å². The number of aromatic nitrogens is 1. The van der Waals surface area contributed by atoms with Gasteiger partial charge in [0, 0.05) is 32.9 Å². The first-order valence-corrected chi connectivity index (χ1v) is 8.81. The smallest absolute Gasteiger partial charge is 0.190 e. The minimum Gasteiger partial charge on any atom is -0.370 e. The molecule has 0 unspecified atom stereocenters. The van der Waals surface area contributed by atoms with E-state index in [9.17, 15) is 0 Å². The molecule has 1 aromatic rings. The van der Waals surface area contributed by atoms with Gasteiger partial charge < -0.3 is 16.0 Å². The molecular formula is C18H33N5. The molecular weight excluding hydrogens is 286 g/mol. The standard InChI is InChI=1S/C18H33N5/c1-16(2)10-4-6-14-22-18(19-3)23-15-9-8-13-21-17-11-5-7-12-20-17/h5,7,11-12,16H,4,6,8-10,13-15H2,1-3H3,(H,20,21)(H2,19,22,23). The summed E-state index contributed by atoms with van der Waals surface area (Å²) in [7, 11) is 1.83. The second-order valence-corrected chi connectivity index (χ2v) is 6.16. The average Bonchev–Trinajstić information content (AvgIpc) is 2.56. The van der Waals surface area contributed by atoms with Crippen LogP contribution < -0.4 is 16.0 Å². The Kier molecular flexibility index (Phi) is 10.7. The first-order valence-electron chi connectivity index (χ1n) is 8.81. The summed E-state index contributed by atoms with van der Waals surface area (Å²) >= 11 is 0. The van der Waals surface area contributed by atoms with Crippen molar-refractivity contribution in [1.29, 1.82) is 0 Å². The number of aliphatic imine (C=N–C) groups is 1. The number of hydrogen-bond acceptors (Lipinski definition) is 3. The lowest BCUT2D eigenvalue weighted by atomic mass is 10.1. The molecule has 0 atom stereocenters. The van der Waals surface area contributed by atoms with Crippen LogP contribution in [0.2, 0.25) is 0 Å². The number of guanidine groups is 1. The van der Waals surface area contributed by atoms with Gasteiger partial charge >= 0.3 is 0 Å². The van der Waals surface area contributed by atoms with Crippen molar-refractivity contribution in [3.8, 4) is 0 Å². The van der Waals surface area contributed by atoms with Crippen molar-refractivity contribution in [1.82, 2.24) is 15.6 Å². The summed E-state index contributed by atoms with van der Waals surface area (Å²) in [6.45, 7) is 7.43. The molecule has 130 valence electrons. The summed E-state index contributed by atoms with van der Waals surface area (Å²) in [6, 6.07) is 5.91. The highest BCUT2D eigenvalue weighted by Gasteiger charge is 1.98. The highest BCUT2D eigenvalue weighted by atomic mass is 15.2. The minimum atomic E-state index is 0.798. The summed E-state index contributed by atoms with van der Waals surface area (Å²) in [5, 5.41) is 10.1. The van der Waals surface area contributed by atoms with E-state index in [1.807, 2.05) is 25.2 Å². The third kappa shape index (κ3) is 10.6. The maximum Gasteiger partial charge on any atom is 0.190 e. The molecule has 0 fully saturated rings. The largest absolute Gasteiger partial charge is 0.370 e. The highest BCUT2D eigenvalue weighted by Crippen LogP contribution is 2.05. The Bertz CT molecular complexity index is 417. The predicted molar refractivity (Wildman–Crippen MR) is 100 cm³/mol. The van der Waals surface area contributed by atoms with Gasteiger partial charge in [0.25, 0.3) is 0 Å².